The van der Waals surface area contributed by atoms with Crippen molar-refractivity contribution in [3.05, 3.63) is 29.8 Å². The summed E-state index contributed by atoms with van der Waals surface area (Å²) >= 11 is 0. The van der Waals surface area contributed by atoms with Crippen LogP contribution in [-0.4, -0.2) is 34.2 Å². The fraction of sp³-hybridized carbons (Fsp3) is 0.364. The molecule has 0 aliphatic heterocycles. The van der Waals surface area contributed by atoms with E-state index in [9.17, 15) is 13.2 Å². The van der Waals surface area contributed by atoms with Crippen LogP contribution in [0.15, 0.2) is 29.2 Å². The minimum atomic E-state index is -3.86. The summed E-state index contributed by atoms with van der Waals surface area (Å²) < 4.78 is 32.1. The molecule has 0 aliphatic carbocycles. The van der Waals surface area contributed by atoms with Crippen molar-refractivity contribution in [1.82, 2.24) is 0 Å². The lowest BCUT2D eigenvalue weighted by Crippen LogP contribution is -2.19. The van der Waals surface area contributed by atoms with Crippen molar-refractivity contribution in [2.45, 2.75) is 17.9 Å². The summed E-state index contributed by atoms with van der Waals surface area (Å²) in [5.41, 5.74) is 0.125. The Morgan fingerprint density at radius 2 is 2.11 bits per heavy atom. The van der Waals surface area contributed by atoms with Gasteiger partial charge >= 0.3 is 5.97 Å². The van der Waals surface area contributed by atoms with Crippen LogP contribution in [0.4, 0.5) is 0 Å². The predicted molar refractivity (Wildman–Crippen MR) is 66.2 cm³/mol. The van der Waals surface area contributed by atoms with Gasteiger partial charge in [-0.15, -0.1) is 0 Å². The first-order valence-electron chi connectivity index (χ1n) is 5.09. The Balaban J connectivity index is 2.87. The molecule has 18 heavy (non-hydrogen) atoms. The Morgan fingerprint density at radius 1 is 1.44 bits per heavy atom. The lowest BCUT2D eigenvalue weighted by Gasteiger charge is -2.12. The standard InChI is InChI=1S/C11H13ClO5S/c1-8(7-16-2)17-11(13)9-4-3-5-10(6-9)18(12,14)15/h3-6,8H,7H2,1-2H3. The number of halogens is 1. The summed E-state index contributed by atoms with van der Waals surface area (Å²) in [5.74, 6) is -0.623. The Bertz CT molecular complexity index is 526. The van der Waals surface area contributed by atoms with Gasteiger partial charge in [0, 0.05) is 17.8 Å². The number of hydrogen-bond acceptors (Lipinski definition) is 5. The molecule has 0 spiro atoms. The van der Waals surface area contributed by atoms with E-state index in [0.29, 0.717) is 0 Å². The van der Waals surface area contributed by atoms with Gasteiger partial charge in [0.1, 0.15) is 6.10 Å². The largest absolute Gasteiger partial charge is 0.457 e. The molecule has 0 bridgehead atoms. The van der Waals surface area contributed by atoms with Crippen LogP contribution < -0.4 is 0 Å². The summed E-state index contributed by atoms with van der Waals surface area (Å²) in [5, 5.41) is 0. The first-order chi connectivity index (χ1) is 8.34. The molecule has 0 heterocycles. The zero-order valence-corrected chi connectivity index (χ0v) is 11.5. The molecule has 0 radical (unpaired) electrons. The number of carbonyl (C=O) groups is 1. The summed E-state index contributed by atoms with van der Waals surface area (Å²) in [6.07, 6.45) is -0.418. The molecule has 0 fully saturated rings. The SMILES string of the molecule is COCC(C)OC(=O)c1cccc(S(=O)(=O)Cl)c1. The Morgan fingerprint density at radius 3 is 2.67 bits per heavy atom. The van der Waals surface area contributed by atoms with Crippen LogP contribution in [0.25, 0.3) is 0 Å². The summed E-state index contributed by atoms with van der Waals surface area (Å²) in [4.78, 5) is 11.6. The molecular weight excluding hydrogens is 280 g/mol. The van der Waals surface area contributed by atoms with Crippen LogP contribution in [0.3, 0.4) is 0 Å². The van der Waals surface area contributed by atoms with E-state index < -0.39 is 21.1 Å². The topological polar surface area (TPSA) is 69.7 Å². The van der Waals surface area contributed by atoms with Crippen LogP contribution >= 0.6 is 10.7 Å². The van der Waals surface area contributed by atoms with Crippen LogP contribution in [0.2, 0.25) is 0 Å². The smallest absolute Gasteiger partial charge is 0.338 e. The van der Waals surface area contributed by atoms with Crippen molar-refractivity contribution in [3.63, 3.8) is 0 Å². The van der Waals surface area contributed by atoms with E-state index in [4.69, 9.17) is 20.2 Å². The quantitative estimate of drug-likeness (QED) is 0.611. The number of rotatable bonds is 5. The molecule has 0 saturated heterocycles. The van der Waals surface area contributed by atoms with E-state index >= 15 is 0 Å². The molecule has 5 nitrogen and oxygen atoms in total. The van der Waals surface area contributed by atoms with Gasteiger partial charge in [0.25, 0.3) is 9.05 Å². The number of ether oxygens (including phenoxy) is 2. The number of hydrogen-bond donors (Lipinski definition) is 0. The Hall–Kier alpha value is -1.11. The molecule has 1 aromatic carbocycles. The number of carbonyl (C=O) groups excluding carboxylic acids is 1. The van der Waals surface area contributed by atoms with Gasteiger partial charge in [-0.05, 0) is 25.1 Å². The van der Waals surface area contributed by atoms with Gasteiger partial charge in [0.05, 0.1) is 17.1 Å². The van der Waals surface area contributed by atoms with Gasteiger partial charge in [0.2, 0.25) is 0 Å². The average Bonchev–Trinajstić information content (AvgIpc) is 2.28. The second kappa shape index (κ2) is 6.17. The molecular formula is C11H13ClO5S. The zero-order valence-electron chi connectivity index (χ0n) is 9.92. The molecule has 0 amide bonds. The fourth-order valence-corrected chi connectivity index (χ4v) is 2.09. The maximum atomic E-state index is 11.7. The maximum absolute atomic E-state index is 11.7. The third-order valence-corrected chi connectivity index (χ3v) is 3.41. The molecule has 1 atom stereocenters. The third kappa shape index (κ3) is 4.29. The first kappa shape index (κ1) is 14.9. The monoisotopic (exact) mass is 292 g/mol. The van der Waals surface area contributed by atoms with Gasteiger partial charge in [-0.25, -0.2) is 13.2 Å². The van der Waals surface area contributed by atoms with E-state index in [1.54, 1.807) is 6.92 Å². The van der Waals surface area contributed by atoms with E-state index in [0.717, 1.165) is 0 Å². The average molecular weight is 293 g/mol. The zero-order chi connectivity index (χ0) is 13.8. The molecule has 1 unspecified atom stereocenters. The Labute approximate surface area is 110 Å². The second-order valence-corrected chi connectivity index (χ2v) is 6.20. The number of esters is 1. The highest BCUT2D eigenvalue weighted by molar-refractivity contribution is 8.13. The van der Waals surface area contributed by atoms with Crippen molar-refractivity contribution in [2.75, 3.05) is 13.7 Å². The van der Waals surface area contributed by atoms with Crippen molar-refractivity contribution < 1.29 is 22.7 Å². The number of methoxy groups -OCH3 is 1. The Kier molecular flexibility index (Phi) is 5.13. The maximum Gasteiger partial charge on any atom is 0.338 e. The van der Waals surface area contributed by atoms with Crippen LogP contribution in [0.5, 0.6) is 0 Å². The van der Waals surface area contributed by atoms with Gasteiger partial charge < -0.3 is 9.47 Å². The molecule has 1 rings (SSSR count). The molecule has 7 heteroatoms. The minimum Gasteiger partial charge on any atom is -0.457 e. The van der Waals surface area contributed by atoms with Gasteiger partial charge in [0.15, 0.2) is 0 Å². The van der Waals surface area contributed by atoms with E-state index in [-0.39, 0.29) is 17.1 Å². The first-order valence-corrected chi connectivity index (χ1v) is 7.40. The van der Waals surface area contributed by atoms with Crippen molar-refractivity contribution in [2.24, 2.45) is 0 Å². The van der Waals surface area contributed by atoms with Crippen LogP contribution in [0, 0.1) is 0 Å². The number of benzene rings is 1. The summed E-state index contributed by atoms with van der Waals surface area (Å²) in [6, 6.07) is 5.35. The van der Waals surface area contributed by atoms with Gasteiger partial charge in [-0.2, -0.15) is 0 Å². The second-order valence-electron chi connectivity index (χ2n) is 3.64. The van der Waals surface area contributed by atoms with E-state index in [1.165, 1.54) is 31.4 Å². The van der Waals surface area contributed by atoms with Gasteiger partial charge in [-0.3, -0.25) is 0 Å². The third-order valence-electron chi connectivity index (χ3n) is 2.06. The van der Waals surface area contributed by atoms with Crippen molar-refractivity contribution in [1.29, 1.82) is 0 Å². The molecule has 0 saturated carbocycles. The molecule has 0 N–H and O–H groups in total. The normalized spacial score (nSPS) is 13.1. The highest BCUT2D eigenvalue weighted by atomic mass is 35.7. The van der Waals surface area contributed by atoms with Crippen molar-refractivity contribution in [3.8, 4) is 0 Å². The lowest BCUT2D eigenvalue weighted by atomic mass is 10.2. The van der Waals surface area contributed by atoms with Crippen LogP contribution in [0.1, 0.15) is 17.3 Å². The van der Waals surface area contributed by atoms with Gasteiger partial charge in [-0.1, -0.05) is 6.07 Å². The highest BCUT2D eigenvalue weighted by Gasteiger charge is 2.16. The molecule has 100 valence electrons. The van der Waals surface area contributed by atoms with Crippen LogP contribution in [-0.2, 0) is 18.5 Å². The molecule has 0 aliphatic rings. The van der Waals surface area contributed by atoms with E-state index in [1.807, 2.05) is 0 Å². The lowest BCUT2D eigenvalue weighted by molar-refractivity contribution is 0.0120. The fourth-order valence-electron chi connectivity index (χ4n) is 1.29. The summed E-state index contributed by atoms with van der Waals surface area (Å²) in [7, 11) is 2.82. The highest BCUT2D eigenvalue weighted by Crippen LogP contribution is 2.17. The summed E-state index contributed by atoms with van der Waals surface area (Å²) in [6.45, 7) is 1.93. The predicted octanol–water partition coefficient (Wildman–Crippen LogP) is 1.81. The minimum absolute atomic E-state index is 0.125. The molecule has 1 aromatic rings. The molecule has 0 aromatic heterocycles. The van der Waals surface area contributed by atoms with E-state index in [2.05, 4.69) is 0 Å². The van der Waals surface area contributed by atoms with Crippen molar-refractivity contribution >= 4 is 25.7 Å².